The molecule has 1 saturated heterocycles. The Hall–Kier alpha value is -3.44. The monoisotopic (exact) mass is 437 g/mol. The van der Waals surface area contributed by atoms with Gasteiger partial charge in [-0.25, -0.2) is 14.2 Å². The maximum Gasteiger partial charge on any atom is 0.435 e. The predicted molar refractivity (Wildman–Crippen MR) is 104 cm³/mol. The fourth-order valence-electron chi connectivity index (χ4n) is 3.34. The Morgan fingerprint density at radius 1 is 1.06 bits per heavy atom. The molecular weight excluding hydrogens is 418 g/mol. The van der Waals surface area contributed by atoms with E-state index in [9.17, 15) is 22.4 Å². The summed E-state index contributed by atoms with van der Waals surface area (Å²) in [4.78, 5) is 24.4. The second kappa shape index (κ2) is 8.00. The molecule has 1 aliphatic rings. The molecule has 12 heteroatoms. The van der Waals surface area contributed by atoms with Gasteiger partial charge in [0.15, 0.2) is 5.69 Å². The summed E-state index contributed by atoms with van der Waals surface area (Å²) < 4.78 is 53.5. The van der Waals surface area contributed by atoms with Crippen molar-refractivity contribution in [1.82, 2.24) is 24.3 Å². The Morgan fingerprint density at radius 3 is 2.39 bits per heavy atom. The highest BCUT2D eigenvalue weighted by Gasteiger charge is 2.33. The van der Waals surface area contributed by atoms with E-state index in [2.05, 4.69) is 20.0 Å². The van der Waals surface area contributed by atoms with E-state index in [1.165, 1.54) is 12.4 Å². The third-order valence-corrected chi connectivity index (χ3v) is 5.05. The van der Waals surface area contributed by atoms with E-state index in [1.54, 1.807) is 19.1 Å². The lowest BCUT2D eigenvalue weighted by Gasteiger charge is -2.36. The average Bonchev–Trinajstić information content (AvgIpc) is 3.21. The zero-order chi connectivity index (χ0) is 22.2. The number of hydrogen-bond acceptors (Lipinski definition) is 6. The van der Waals surface area contributed by atoms with Crippen LogP contribution >= 0.6 is 0 Å². The molecule has 1 fully saturated rings. The van der Waals surface area contributed by atoms with Gasteiger partial charge in [-0.2, -0.15) is 23.3 Å². The van der Waals surface area contributed by atoms with Crippen molar-refractivity contribution in [3.8, 4) is 0 Å². The maximum absolute atomic E-state index is 13.5. The number of aryl methyl sites for hydroxylation is 1. The molecule has 1 aromatic carbocycles. The summed E-state index contributed by atoms with van der Waals surface area (Å²) in [5.74, 6) is 0.00808. The Kier molecular flexibility index (Phi) is 5.38. The molecule has 0 unspecified atom stereocenters. The number of rotatable bonds is 4. The van der Waals surface area contributed by atoms with Crippen molar-refractivity contribution in [2.45, 2.75) is 19.8 Å². The number of alkyl halides is 3. The van der Waals surface area contributed by atoms with E-state index >= 15 is 0 Å². The smallest absolute Gasteiger partial charge is 0.368 e. The van der Waals surface area contributed by atoms with Gasteiger partial charge >= 0.3 is 11.9 Å². The largest absolute Gasteiger partial charge is 0.435 e. The van der Waals surface area contributed by atoms with Crippen molar-refractivity contribution in [3.05, 3.63) is 64.3 Å². The second-order valence-electron chi connectivity index (χ2n) is 7.20. The number of aromatic nitrogens is 5. The van der Waals surface area contributed by atoms with Crippen LogP contribution in [-0.4, -0.2) is 50.5 Å². The zero-order valence-electron chi connectivity index (χ0n) is 16.6. The van der Waals surface area contributed by atoms with Crippen molar-refractivity contribution in [3.63, 3.8) is 0 Å². The summed E-state index contributed by atoms with van der Waals surface area (Å²) in [7, 11) is 0. The molecule has 164 valence electrons. The van der Waals surface area contributed by atoms with E-state index in [0.717, 1.165) is 27.2 Å². The molecule has 1 aliphatic heterocycles. The number of hydrogen-bond donors (Lipinski definition) is 0. The Balaban J connectivity index is 1.41. The highest BCUT2D eigenvalue weighted by Crippen LogP contribution is 2.27. The minimum Gasteiger partial charge on any atom is -0.368 e. The molecule has 4 rings (SSSR count). The van der Waals surface area contributed by atoms with Gasteiger partial charge in [-0.1, -0.05) is 0 Å². The molecule has 0 aliphatic carbocycles. The van der Waals surface area contributed by atoms with Crippen LogP contribution in [0.4, 0.5) is 29.2 Å². The topological polar surface area (TPSA) is 72.1 Å². The van der Waals surface area contributed by atoms with Gasteiger partial charge in [0, 0.05) is 38.1 Å². The molecule has 0 amide bonds. The average molecular weight is 437 g/mol. The zero-order valence-corrected chi connectivity index (χ0v) is 16.6. The first-order chi connectivity index (χ1) is 14.7. The summed E-state index contributed by atoms with van der Waals surface area (Å²) >= 11 is 0. The van der Waals surface area contributed by atoms with Crippen LogP contribution in [0.1, 0.15) is 11.3 Å². The van der Waals surface area contributed by atoms with Gasteiger partial charge in [0.05, 0.1) is 0 Å². The van der Waals surface area contributed by atoms with Crippen LogP contribution < -0.4 is 15.5 Å². The first-order valence-corrected chi connectivity index (χ1v) is 9.51. The van der Waals surface area contributed by atoms with E-state index in [0.29, 0.717) is 31.7 Å². The fraction of sp³-hybridized carbons (Fsp3) is 0.368. The molecule has 0 radical (unpaired) electrons. The lowest BCUT2D eigenvalue weighted by Crippen LogP contribution is -2.47. The van der Waals surface area contributed by atoms with Crippen LogP contribution in [0, 0.1) is 12.7 Å². The summed E-state index contributed by atoms with van der Waals surface area (Å²) in [5.41, 5.74) is -0.170. The number of anilines is 2. The number of halogens is 4. The van der Waals surface area contributed by atoms with E-state index in [1.807, 2.05) is 4.90 Å². The molecule has 0 saturated carbocycles. The Morgan fingerprint density at radius 2 is 1.77 bits per heavy atom. The molecular formula is C19H19F4N7O. The van der Waals surface area contributed by atoms with Gasteiger partial charge in [-0.05, 0) is 36.8 Å². The lowest BCUT2D eigenvalue weighted by atomic mass is 10.2. The van der Waals surface area contributed by atoms with Crippen molar-refractivity contribution in [2.24, 2.45) is 0 Å². The SMILES string of the molecule is Cc1cc(N2CCN(c3ncn(Cn4ccc(C(F)(F)F)n4)c(=O)n3)CC2)ccc1F. The highest BCUT2D eigenvalue weighted by atomic mass is 19.4. The van der Waals surface area contributed by atoms with Crippen LogP contribution in [0.2, 0.25) is 0 Å². The van der Waals surface area contributed by atoms with Crippen LogP contribution in [0.5, 0.6) is 0 Å². The maximum atomic E-state index is 13.5. The quantitative estimate of drug-likeness (QED) is 0.583. The standard InChI is InChI=1S/C19H19F4N7O/c1-13-10-14(2-3-15(13)20)27-6-8-28(9-7-27)17-24-11-29(18(31)25-17)12-30-5-4-16(26-30)19(21,22)23/h2-5,10-11H,6-9,12H2,1H3. The number of nitrogens with zero attached hydrogens (tertiary/aromatic N) is 7. The Bertz CT molecular complexity index is 1130. The van der Waals surface area contributed by atoms with Crippen LogP contribution in [0.15, 0.2) is 41.6 Å². The van der Waals surface area contributed by atoms with E-state index in [4.69, 9.17) is 0 Å². The van der Waals surface area contributed by atoms with Gasteiger partial charge < -0.3 is 9.80 Å². The fourth-order valence-corrected chi connectivity index (χ4v) is 3.34. The molecule has 3 aromatic rings. The molecule has 2 aromatic heterocycles. The molecule has 0 spiro atoms. The van der Waals surface area contributed by atoms with Crippen LogP contribution in [0.3, 0.4) is 0 Å². The normalized spacial score (nSPS) is 14.9. The molecule has 0 atom stereocenters. The summed E-state index contributed by atoms with van der Waals surface area (Å²) in [5, 5.41) is 3.42. The van der Waals surface area contributed by atoms with Gasteiger partial charge in [0.1, 0.15) is 18.8 Å². The second-order valence-corrected chi connectivity index (χ2v) is 7.20. The van der Waals surface area contributed by atoms with E-state index in [-0.39, 0.29) is 18.4 Å². The third kappa shape index (κ3) is 4.52. The number of piperazine rings is 1. The van der Waals surface area contributed by atoms with Crippen molar-refractivity contribution >= 4 is 11.6 Å². The molecule has 0 N–H and O–H groups in total. The first kappa shape index (κ1) is 20.8. The van der Waals surface area contributed by atoms with Crippen molar-refractivity contribution in [1.29, 1.82) is 0 Å². The number of benzene rings is 1. The molecule has 3 heterocycles. The molecule has 8 nitrogen and oxygen atoms in total. The summed E-state index contributed by atoms with van der Waals surface area (Å²) in [6.45, 7) is 3.90. The minimum atomic E-state index is -4.55. The van der Waals surface area contributed by atoms with Crippen LogP contribution in [-0.2, 0) is 12.8 Å². The van der Waals surface area contributed by atoms with Crippen molar-refractivity contribution in [2.75, 3.05) is 36.0 Å². The minimum absolute atomic E-state index is 0.229. The van der Waals surface area contributed by atoms with Gasteiger partial charge in [-0.15, -0.1) is 0 Å². The summed E-state index contributed by atoms with van der Waals surface area (Å²) in [6, 6.07) is 5.80. The predicted octanol–water partition coefficient (Wildman–Crippen LogP) is 2.13. The van der Waals surface area contributed by atoms with Gasteiger partial charge in [-0.3, -0.25) is 9.25 Å². The highest BCUT2D eigenvalue weighted by molar-refractivity contribution is 5.50. The van der Waals surface area contributed by atoms with Gasteiger partial charge in [0.25, 0.3) is 0 Å². The third-order valence-electron chi connectivity index (χ3n) is 5.05. The molecule has 0 bridgehead atoms. The molecule has 31 heavy (non-hydrogen) atoms. The van der Waals surface area contributed by atoms with E-state index < -0.39 is 17.6 Å². The van der Waals surface area contributed by atoms with Gasteiger partial charge in [0.2, 0.25) is 5.95 Å². The van der Waals surface area contributed by atoms with Crippen molar-refractivity contribution < 1.29 is 17.6 Å². The first-order valence-electron chi connectivity index (χ1n) is 9.51. The Labute approximate surface area is 174 Å². The summed E-state index contributed by atoms with van der Waals surface area (Å²) in [6.07, 6.45) is -2.17. The lowest BCUT2D eigenvalue weighted by molar-refractivity contribution is -0.141. The van der Waals surface area contributed by atoms with Crippen LogP contribution in [0.25, 0.3) is 0 Å².